The van der Waals surface area contributed by atoms with Crippen molar-refractivity contribution >= 4 is 17.2 Å². The first-order valence-corrected chi connectivity index (χ1v) is 6.91. The van der Waals surface area contributed by atoms with Gasteiger partial charge in [-0.25, -0.2) is 0 Å². The van der Waals surface area contributed by atoms with Gasteiger partial charge < -0.3 is 5.73 Å². The molecule has 0 unspecified atom stereocenters. The van der Waals surface area contributed by atoms with Crippen LogP contribution in [0.25, 0.3) is 10.4 Å². The second-order valence-corrected chi connectivity index (χ2v) is 5.98. The fourth-order valence-electron chi connectivity index (χ4n) is 2.53. The summed E-state index contributed by atoms with van der Waals surface area (Å²) in [4.78, 5) is 13.2. The largest absolute Gasteiger partial charge is 0.365 e. The zero-order valence-electron chi connectivity index (χ0n) is 10.5. The maximum Gasteiger partial charge on any atom is 0.258 e. The Labute approximate surface area is 110 Å². The van der Waals surface area contributed by atoms with Gasteiger partial charge in [0.25, 0.3) is 5.91 Å². The van der Waals surface area contributed by atoms with Gasteiger partial charge in [0.2, 0.25) is 0 Å². The van der Waals surface area contributed by atoms with Crippen LogP contribution in [0.15, 0.2) is 18.2 Å². The number of primary amides is 1. The minimum Gasteiger partial charge on any atom is -0.365 e. The Morgan fingerprint density at radius 3 is 2.50 bits per heavy atom. The van der Waals surface area contributed by atoms with Gasteiger partial charge in [-0.2, -0.15) is 0 Å². The van der Waals surface area contributed by atoms with Gasteiger partial charge in [0.15, 0.2) is 0 Å². The summed E-state index contributed by atoms with van der Waals surface area (Å²) in [5.41, 5.74) is 12.0. The van der Waals surface area contributed by atoms with Gasteiger partial charge in [0.1, 0.15) is 0 Å². The lowest BCUT2D eigenvalue weighted by molar-refractivity contribution is 0.100. The van der Waals surface area contributed by atoms with Crippen molar-refractivity contribution in [2.24, 2.45) is 5.73 Å². The number of hydrogen-bond acceptors (Lipinski definition) is 2. The van der Waals surface area contributed by atoms with E-state index in [1.165, 1.54) is 44.0 Å². The summed E-state index contributed by atoms with van der Waals surface area (Å²) in [7, 11) is 0. The molecule has 0 radical (unpaired) electrons. The van der Waals surface area contributed by atoms with Crippen molar-refractivity contribution in [3.05, 3.63) is 45.3 Å². The lowest BCUT2D eigenvalue weighted by Crippen LogP contribution is -2.08. The van der Waals surface area contributed by atoms with Crippen LogP contribution < -0.4 is 5.73 Å². The van der Waals surface area contributed by atoms with Crippen LogP contribution in [0.2, 0.25) is 0 Å². The van der Waals surface area contributed by atoms with Crippen LogP contribution in [0.5, 0.6) is 0 Å². The minimum absolute atomic E-state index is 0.320. The van der Waals surface area contributed by atoms with E-state index in [4.69, 9.17) is 5.73 Å². The van der Waals surface area contributed by atoms with Gasteiger partial charge in [-0.05, 0) is 60.6 Å². The summed E-state index contributed by atoms with van der Waals surface area (Å²) >= 11 is 1.53. The summed E-state index contributed by atoms with van der Waals surface area (Å²) in [5, 5.41) is 0. The minimum atomic E-state index is -0.320. The van der Waals surface area contributed by atoms with E-state index < -0.39 is 0 Å². The molecule has 2 nitrogen and oxygen atoms in total. The van der Waals surface area contributed by atoms with Crippen molar-refractivity contribution in [2.45, 2.75) is 26.7 Å². The number of amides is 1. The SMILES string of the molecule is Cc1cc2c(cc1C)-c1sc(C(N)=O)cc1CC2. The molecule has 1 heterocycles. The Hall–Kier alpha value is -1.61. The molecule has 0 saturated carbocycles. The zero-order chi connectivity index (χ0) is 12.9. The highest BCUT2D eigenvalue weighted by Gasteiger charge is 2.21. The first kappa shape index (κ1) is 11.5. The number of hydrogen-bond donors (Lipinski definition) is 1. The molecule has 1 aromatic carbocycles. The van der Waals surface area contributed by atoms with Crippen LogP contribution in [0.4, 0.5) is 0 Å². The van der Waals surface area contributed by atoms with Crippen molar-refractivity contribution < 1.29 is 4.79 Å². The predicted octanol–water partition coefficient (Wildman–Crippen LogP) is 3.23. The molecule has 18 heavy (non-hydrogen) atoms. The Bertz CT molecular complexity index is 655. The van der Waals surface area contributed by atoms with E-state index in [-0.39, 0.29) is 5.91 Å². The van der Waals surface area contributed by atoms with E-state index in [2.05, 4.69) is 26.0 Å². The maximum absolute atomic E-state index is 11.3. The summed E-state index contributed by atoms with van der Waals surface area (Å²) < 4.78 is 0. The molecule has 92 valence electrons. The summed E-state index contributed by atoms with van der Waals surface area (Å²) in [5.74, 6) is -0.320. The second kappa shape index (κ2) is 3.95. The van der Waals surface area contributed by atoms with E-state index in [0.29, 0.717) is 4.88 Å². The molecule has 1 amide bonds. The Kier molecular flexibility index (Phi) is 2.52. The molecule has 1 aliphatic carbocycles. The third-order valence-electron chi connectivity index (χ3n) is 3.68. The van der Waals surface area contributed by atoms with Crippen molar-refractivity contribution in [1.82, 2.24) is 0 Å². The van der Waals surface area contributed by atoms with Gasteiger partial charge >= 0.3 is 0 Å². The number of thiophene rings is 1. The van der Waals surface area contributed by atoms with E-state index in [0.717, 1.165) is 12.8 Å². The molecule has 3 rings (SSSR count). The molecule has 1 aromatic heterocycles. The van der Waals surface area contributed by atoms with Crippen molar-refractivity contribution in [2.75, 3.05) is 0 Å². The van der Waals surface area contributed by atoms with Crippen molar-refractivity contribution in [3.8, 4) is 10.4 Å². The van der Waals surface area contributed by atoms with Crippen LogP contribution in [0.3, 0.4) is 0 Å². The first-order chi connectivity index (χ1) is 8.56. The topological polar surface area (TPSA) is 43.1 Å². The summed E-state index contributed by atoms with van der Waals surface area (Å²) in [6.07, 6.45) is 2.06. The predicted molar refractivity (Wildman–Crippen MR) is 75.2 cm³/mol. The number of carbonyl (C=O) groups excluding carboxylic acids is 1. The van der Waals surface area contributed by atoms with Gasteiger partial charge in [-0.3, -0.25) is 4.79 Å². The van der Waals surface area contributed by atoms with E-state index in [1.807, 2.05) is 6.07 Å². The van der Waals surface area contributed by atoms with Crippen molar-refractivity contribution in [3.63, 3.8) is 0 Å². The number of rotatable bonds is 1. The summed E-state index contributed by atoms with van der Waals surface area (Å²) in [6, 6.07) is 6.47. The third kappa shape index (κ3) is 1.66. The third-order valence-corrected chi connectivity index (χ3v) is 4.90. The highest BCUT2D eigenvalue weighted by Crippen LogP contribution is 2.40. The van der Waals surface area contributed by atoms with E-state index in [9.17, 15) is 4.79 Å². The van der Waals surface area contributed by atoms with Crippen LogP contribution in [0, 0.1) is 13.8 Å². The van der Waals surface area contributed by atoms with Crippen molar-refractivity contribution in [1.29, 1.82) is 0 Å². The van der Waals surface area contributed by atoms with Crippen LogP contribution >= 0.6 is 11.3 Å². The molecule has 0 atom stereocenters. The van der Waals surface area contributed by atoms with Gasteiger partial charge in [0.05, 0.1) is 4.88 Å². The van der Waals surface area contributed by atoms with Crippen LogP contribution in [-0.2, 0) is 12.8 Å². The van der Waals surface area contributed by atoms with E-state index in [1.54, 1.807) is 0 Å². The fourth-order valence-corrected chi connectivity index (χ4v) is 3.64. The second-order valence-electron chi connectivity index (χ2n) is 4.92. The maximum atomic E-state index is 11.3. The average Bonchev–Trinajstić information content (AvgIpc) is 2.75. The molecule has 3 heteroatoms. The zero-order valence-corrected chi connectivity index (χ0v) is 11.4. The van der Waals surface area contributed by atoms with Crippen LogP contribution in [0.1, 0.15) is 31.9 Å². The smallest absolute Gasteiger partial charge is 0.258 e. The highest BCUT2D eigenvalue weighted by atomic mass is 32.1. The molecule has 0 saturated heterocycles. The first-order valence-electron chi connectivity index (χ1n) is 6.09. The Morgan fingerprint density at radius 1 is 1.11 bits per heavy atom. The molecular formula is C15H15NOS. The quantitative estimate of drug-likeness (QED) is 0.837. The standard InChI is InChI=1S/C15H15NOS/c1-8-5-10-3-4-11-7-13(15(16)17)18-14(11)12(10)6-9(8)2/h5-7H,3-4H2,1-2H3,(H2,16,17). The number of benzene rings is 1. The Morgan fingerprint density at radius 2 is 1.78 bits per heavy atom. The van der Waals surface area contributed by atoms with Gasteiger partial charge in [-0.15, -0.1) is 11.3 Å². The average molecular weight is 257 g/mol. The molecule has 1 aliphatic rings. The molecular weight excluding hydrogens is 242 g/mol. The lowest BCUT2D eigenvalue weighted by Gasteiger charge is -2.18. The van der Waals surface area contributed by atoms with E-state index >= 15 is 0 Å². The molecule has 2 aromatic rings. The highest BCUT2D eigenvalue weighted by molar-refractivity contribution is 7.17. The van der Waals surface area contributed by atoms with Gasteiger partial charge in [-0.1, -0.05) is 12.1 Å². The number of nitrogens with two attached hydrogens (primary N) is 1. The fraction of sp³-hybridized carbons (Fsp3) is 0.267. The summed E-state index contributed by atoms with van der Waals surface area (Å²) in [6.45, 7) is 4.28. The van der Waals surface area contributed by atoms with Gasteiger partial charge in [0, 0.05) is 4.88 Å². The lowest BCUT2D eigenvalue weighted by atomic mass is 9.88. The monoisotopic (exact) mass is 257 g/mol. The molecule has 2 N–H and O–H groups in total. The number of carbonyl (C=O) groups is 1. The molecule has 0 fully saturated rings. The molecule has 0 spiro atoms. The number of fused-ring (bicyclic) bond motifs is 3. The molecule has 0 bridgehead atoms. The van der Waals surface area contributed by atoms with Crippen LogP contribution in [-0.4, -0.2) is 5.91 Å². The number of aryl methyl sites for hydroxylation is 4. The molecule has 0 aliphatic heterocycles. The normalized spacial score (nSPS) is 13.0. The Balaban J connectivity index is 2.21.